The topological polar surface area (TPSA) is 78.1 Å². The van der Waals surface area contributed by atoms with Crippen molar-refractivity contribution in [2.24, 2.45) is 0 Å². The van der Waals surface area contributed by atoms with E-state index in [-0.39, 0.29) is 44.5 Å². The Kier molecular flexibility index (Phi) is 6.26. The SMILES string of the molecule is C=C.CCn1c(=O)c2cc3c(=O)n(Cc4ccccc4)c(=O)c3cc2c1=O.[PH2]. The van der Waals surface area contributed by atoms with Gasteiger partial charge in [0, 0.05) is 6.54 Å². The van der Waals surface area contributed by atoms with Crippen LogP contribution in [0.15, 0.2) is 74.8 Å². The lowest BCUT2D eigenvalue weighted by Crippen LogP contribution is -2.26. The molecule has 0 amide bonds. The van der Waals surface area contributed by atoms with Gasteiger partial charge in [0.25, 0.3) is 22.2 Å². The maximum atomic E-state index is 12.6. The fraction of sp³-hybridized carbons (Fsp3) is 0.143. The number of fused-ring (bicyclic) bond motifs is 2. The largest absolute Gasteiger partial charge is 0.275 e. The molecule has 0 atom stereocenters. The first-order valence-electron chi connectivity index (χ1n) is 8.47. The van der Waals surface area contributed by atoms with Crippen LogP contribution in [0.1, 0.15) is 12.5 Å². The fourth-order valence-electron chi connectivity index (χ4n) is 3.27. The summed E-state index contributed by atoms with van der Waals surface area (Å²) in [5, 5.41) is 0.735. The van der Waals surface area contributed by atoms with E-state index in [1.54, 1.807) is 6.92 Å². The van der Waals surface area contributed by atoms with Crippen LogP contribution in [0.4, 0.5) is 0 Å². The number of hydrogen-bond donors (Lipinski definition) is 0. The third kappa shape index (κ3) is 3.16. The van der Waals surface area contributed by atoms with Gasteiger partial charge in [-0.15, -0.1) is 23.1 Å². The van der Waals surface area contributed by atoms with Gasteiger partial charge in [-0.25, -0.2) is 0 Å². The van der Waals surface area contributed by atoms with Crippen LogP contribution in [0.5, 0.6) is 0 Å². The lowest BCUT2D eigenvalue weighted by Gasteiger charge is -1.99. The van der Waals surface area contributed by atoms with Crippen molar-refractivity contribution in [2.75, 3.05) is 0 Å². The van der Waals surface area contributed by atoms with Crippen LogP contribution in [0.3, 0.4) is 0 Å². The molecule has 0 fully saturated rings. The van der Waals surface area contributed by atoms with Crippen LogP contribution in [0.2, 0.25) is 0 Å². The van der Waals surface area contributed by atoms with Crippen LogP contribution in [0.25, 0.3) is 21.5 Å². The van der Waals surface area contributed by atoms with E-state index in [2.05, 4.69) is 13.2 Å². The van der Waals surface area contributed by atoms with Crippen molar-refractivity contribution in [3.05, 3.63) is 103 Å². The number of benzene rings is 2. The number of aromatic nitrogens is 2. The molecule has 0 saturated carbocycles. The fourth-order valence-corrected chi connectivity index (χ4v) is 3.27. The van der Waals surface area contributed by atoms with Gasteiger partial charge in [-0.3, -0.25) is 28.3 Å². The van der Waals surface area contributed by atoms with Crippen molar-refractivity contribution in [3.8, 4) is 0 Å². The number of hydrogen-bond acceptors (Lipinski definition) is 4. The summed E-state index contributed by atoms with van der Waals surface area (Å²) in [7, 11) is 0. The Bertz CT molecular complexity index is 1260. The molecule has 143 valence electrons. The van der Waals surface area contributed by atoms with Gasteiger partial charge in [-0.1, -0.05) is 30.3 Å². The smallest absolute Gasteiger partial charge is 0.261 e. The molecule has 2 heterocycles. The maximum Gasteiger partial charge on any atom is 0.261 e. The van der Waals surface area contributed by atoms with Gasteiger partial charge in [0.2, 0.25) is 0 Å². The lowest BCUT2D eigenvalue weighted by molar-refractivity contribution is 0.722. The monoisotopic (exact) mass is 395 g/mol. The average molecular weight is 395 g/mol. The van der Waals surface area contributed by atoms with Gasteiger partial charge in [0.15, 0.2) is 0 Å². The summed E-state index contributed by atoms with van der Waals surface area (Å²) >= 11 is 0. The summed E-state index contributed by atoms with van der Waals surface area (Å²) in [6, 6.07) is 11.9. The van der Waals surface area contributed by atoms with Crippen molar-refractivity contribution in [1.82, 2.24) is 9.13 Å². The van der Waals surface area contributed by atoms with Gasteiger partial charge in [0.05, 0.1) is 28.1 Å². The molecule has 0 aliphatic carbocycles. The van der Waals surface area contributed by atoms with Crippen molar-refractivity contribution < 1.29 is 0 Å². The number of rotatable bonds is 3. The highest BCUT2D eigenvalue weighted by atomic mass is 31.0. The molecular weight excluding hydrogens is 375 g/mol. The highest BCUT2D eigenvalue weighted by molar-refractivity contribution is 6.92. The summed E-state index contributed by atoms with van der Waals surface area (Å²) in [4.78, 5) is 49.9. The molecule has 2 aromatic carbocycles. The van der Waals surface area contributed by atoms with Crippen LogP contribution >= 0.6 is 9.90 Å². The Morgan fingerprint density at radius 3 is 1.50 bits per heavy atom. The van der Waals surface area contributed by atoms with E-state index in [9.17, 15) is 19.2 Å². The highest BCUT2D eigenvalue weighted by Gasteiger charge is 2.18. The van der Waals surface area contributed by atoms with Gasteiger partial charge in [-0.2, -0.15) is 0 Å². The van der Waals surface area contributed by atoms with E-state index in [0.717, 1.165) is 14.7 Å². The molecule has 0 bridgehead atoms. The lowest BCUT2D eigenvalue weighted by atomic mass is 10.1. The third-order valence-corrected chi connectivity index (χ3v) is 4.56. The molecule has 0 aliphatic heterocycles. The summed E-state index contributed by atoms with van der Waals surface area (Å²) in [5.74, 6) is 0. The summed E-state index contributed by atoms with van der Waals surface area (Å²) < 4.78 is 2.25. The van der Waals surface area contributed by atoms with Crippen molar-refractivity contribution in [1.29, 1.82) is 0 Å². The minimum atomic E-state index is -0.443. The van der Waals surface area contributed by atoms with E-state index >= 15 is 0 Å². The second-order valence-corrected chi connectivity index (χ2v) is 5.98. The normalized spacial score (nSPS) is 10.5. The van der Waals surface area contributed by atoms with E-state index < -0.39 is 22.2 Å². The Hall–Kier alpha value is -3.11. The maximum absolute atomic E-state index is 12.6. The predicted molar refractivity (Wildman–Crippen MR) is 117 cm³/mol. The van der Waals surface area contributed by atoms with Crippen molar-refractivity contribution in [2.45, 2.75) is 20.0 Å². The number of nitrogens with zero attached hydrogens (tertiary/aromatic N) is 2. The molecule has 0 N–H and O–H groups in total. The van der Waals surface area contributed by atoms with Crippen LogP contribution in [-0.4, -0.2) is 9.13 Å². The van der Waals surface area contributed by atoms with E-state index in [4.69, 9.17) is 0 Å². The summed E-state index contributed by atoms with van der Waals surface area (Å²) in [5.41, 5.74) is -0.906. The predicted octanol–water partition coefficient (Wildman–Crippen LogP) is 2.11. The molecule has 0 spiro atoms. The Morgan fingerprint density at radius 2 is 1.11 bits per heavy atom. The van der Waals surface area contributed by atoms with E-state index in [0.29, 0.717) is 0 Å². The van der Waals surface area contributed by atoms with E-state index in [1.807, 2.05) is 30.3 Å². The molecule has 0 saturated heterocycles. The first-order valence-corrected chi connectivity index (χ1v) is 8.47. The molecule has 4 aromatic rings. The molecular formula is C21H20N2O4P. The molecule has 2 aromatic heterocycles. The van der Waals surface area contributed by atoms with Crippen molar-refractivity contribution >= 4 is 31.4 Å². The highest BCUT2D eigenvalue weighted by Crippen LogP contribution is 2.14. The quantitative estimate of drug-likeness (QED) is 0.393. The minimum absolute atomic E-state index is 0. The molecule has 1 radical (unpaired) electrons. The third-order valence-electron chi connectivity index (χ3n) is 4.56. The molecule has 7 heteroatoms. The standard InChI is InChI=1S/C19H14N2O4.C2H4.H2P/c1-2-20-16(22)12-8-14-15(9-13(12)17(20)23)19(25)21(18(14)24)10-11-6-4-3-5-7-11;1-2;/h3-9H,2,10H2,1H3;1-2H2;1H2. The zero-order chi connectivity index (χ0) is 19.7. The van der Waals surface area contributed by atoms with Crippen LogP contribution in [-0.2, 0) is 13.1 Å². The van der Waals surface area contributed by atoms with Crippen LogP contribution in [0, 0.1) is 0 Å². The summed E-state index contributed by atoms with van der Waals surface area (Å²) in [6.45, 7) is 8.10. The van der Waals surface area contributed by atoms with E-state index in [1.165, 1.54) is 12.1 Å². The Balaban J connectivity index is 0.000000906. The van der Waals surface area contributed by atoms with Gasteiger partial charge < -0.3 is 0 Å². The minimum Gasteiger partial charge on any atom is -0.275 e. The first kappa shape index (κ1) is 21.2. The molecule has 28 heavy (non-hydrogen) atoms. The Labute approximate surface area is 163 Å². The van der Waals surface area contributed by atoms with Gasteiger partial charge >= 0.3 is 0 Å². The molecule has 4 rings (SSSR count). The zero-order valence-electron chi connectivity index (χ0n) is 15.5. The zero-order valence-corrected chi connectivity index (χ0v) is 16.6. The van der Waals surface area contributed by atoms with Gasteiger partial charge in [0.1, 0.15) is 0 Å². The Morgan fingerprint density at radius 1 is 0.714 bits per heavy atom. The molecule has 0 aliphatic rings. The van der Waals surface area contributed by atoms with Gasteiger partial charge in [-0.05, 0) is 24.6 Å². The second-order valence-electron chi connectivity index (χ2n) is 5.98. The molecule has 6 nitrogen and oxygen atoms in total. The molecule has 0 unspecified atom stereocenters. The van der Waals surface area contributed by atoms with Crippen molar-refractivity contribution in [3.63, 3.8) is 0 Å². The first-order chi connectivity index (χ1) is 13.0. The second kappa shape index (κ2) is 8.28. The summed E-state index contributed by atoms with van der Waals surface area (Å²) in [6.07, 6.45) is 0. The average Bonchev–Trinajstić information content (AvgIpc) is 3.08. The van der Waals surface area contributed by atoms with Crippen LogP contribution < -0.4 is 22.2 Å².